The largest absolute Gasteiger partial charge is 0.432 e. The zero-order chi connectivity index (χ0) is 54.7. The molecular formula is C53H86O22. The maximum absolute atomic E-state index is 14.7. The number of ether oxygens (including phenoxy) is 8. The van der Waals surface area contributed by atoms with Crippen LogP contribution in [0.15, 0.2) is 11.6 Å². The Hall–Kier alpha value is -1.59. The average molecular weight is 1080 g/mol. The van der Waals surface area contributed by atoms with Crippen molar-refractivity contribution in [1.29, 1.82) is 0 Å². The van der Waals surface area contributed by atoms with E-state index in [1.165, 1.54) is 12.5 Å². The third kappa shape index (κ3) is 9.40. The van der Waals surface area contributed by atoms with Crippen molar-refractivity contribution >= 4 is 5.97 Å². The van der Waals surface area contributed by atoms with Crippen molar-refractivity contribution in [2.45, 2.75) is 235 Å². The number of allylic oxidation sites excluding steroid dienone is 2. The molecule has 9 rings (SSSR count). The summed E-state index contributed by atoms with van der Waals surface area (Å²) < 4.78 is 47.2. The lowest BCUT2D eigenvalue weighted by atomic mass is 9.33. The van der Waals surface area contributed by atoms with Gasteiger partial charge >= 0.3 is 5.97 Å². The molecule has 4 aliphatic heterocycles. The van der Waals surface area contributed by atoms with E-state index < -0.39 is 153 Å². The van der Waals surface area contributed by atoms with E-state index in [1.54, 1.807) is 0 Å². The maximum atomic E-state index is 14.7. The second-order valence-corrected chi connectivity index (χ2v) is 25.6. The predicted molar refractivity (Wildman–Crippen MR) is 257 cm³/mol. The summed E-state index contributed by atoms with van der Waals surface area (Å²) in [6, 6.07) is 0. The topological polar surface area (TPSA) is 354 Å². The number of carbonyl (C=O) groups is 1. The average Bonchev–Trinajstić information content (AvgIpc) is 3.37. The first kappa shape index (κ1) is 58.1. The molecule has 0 bridgehead atoms. The minimum Gasteiger partial charge on any atom is -0.432 e. The van der Waals surface area contributed by atoms with Crippen LogP contribution < -0.4 is 0 Å². The molecule has 4 saturated carbocycles. The van der Waals surface area contributed by atoms with E-state index >= 15 is 0 Å². The molecule has 0 aromatic rings. The van der Waals surface area contributed by atoms with E-state index in [-0.39, 0.29) is 52.6 Å². The molecule has 430 valence electrons. The summed E-state index contributed by atoms with van der Waals surface area (Å²) in [6.07, 6.45) is -20.8. The van der Waals surface area contributed by atoms with Gasteiger partial charge in [-0.05, 0) is 111 Å². The summed E-state index contributed by atoms with van der Waals surface area (Å²) in [5.74, 6) is -0.546. The first-order chi connectivity index (χ1) is 35.2. The van der Waals surface area contributed by atoms with Gasteiger partial charge < -0.3 is 104 Å². The van der Waals surface area contributed by atoms with Crippen LogP contribution in [0.1, 0.15) is 113 Å². The Labute approximate surface area is 437 Å². The fraction of sp³-hybridized carbons (Fsp3) is 0.943. The van der Waals surface area contributed by atoms with Crippen LogP contribution in [0.5, 0.6) is 0 Å². The van der Waals surface area contributed by atoms with Gasteiger partial charge in [-0.3, -0.25) is 4.79 Å². The third-order valence-electron chi connectivity index (χ3n) is 21.2. The highest BCUT2D eigenvalue weighted by Crippen LogP contribution is 2.76. The van der Waals surface area contributed by atoms with Crippen molar-refractivity contribution in [2.75, 3.05) is 26.4 Å². The summed E-state index contributed by atoms with van der Waals surface area (Å²) in [5.41, 5.74) is -1.39. The summed E-state index contributed by atoms with van der Waals surface area (Å²) in [6.45, 7) is 13.1. The molecule has 5 aliphatic carbocycles. The molecule has 0 amide bonds. The molecule has 0 aromatic carbocycles. The zero-order valence-corrected chi connectivity index (χ0v) is 44.2. The van der Waals surface area contributed by atoms with E-state index in [2.05, 4.69) is 40.7 Å². The Kier molecular flexibility index (Phi) is 16.3. The van der Waals surface area contributed by atoms with Crippen LogP contribution in [0.2, 0.25) is 0 Å². The van der Waals surface area contributed by atoms with E-state index in [9.17, 15) is 71.2 Å². The minimum absolute atomic E-state index is 0.0302. The molecule has 0 aromatic heterocycles. The fourth-order valence-electron chi connectivity index (χ4n) is 16.2. The quantitative estimate of drug-likeness (QED) is 0.0643. The van der Waals surface area contributed by atoms with Gasteiger partial charge in [0.15, 0.2) is 18.9 Å². The Bertz CT molecular complexity index is 2060. The van der Waals surface area contributed by atoms with Gasteiger partial charge in [0.1, 0.15) is 85.5 Å². The Morgan fingerprint density at radius 2 is 1.21 bits per heavy atom. The Morgan fingerprint density at radius 1 is 0.613 bits per heavy atom. The molecule has 0 radical (unpaired) electrons. The van der Waals surface area contributed by atoms with Crippen molar-refractivity contribution in [2.24, 2.45) is 50.2 Å². The Balaban J connectivity index is 0.879. The van der Waals surface area contributed by atoms with Crippen molar-refractivity contribution in [1.82, 2.24) is 0 Å². The molecule has 1 unspecified atom stereocenters. The molecule has 9 aliphatic rings. The number of aliphatic hydroxyl groups excluding tert-OH is 13. The molecular weight excluding hydrogens is 989 g/mol. The summed E-state index contributed by atoms with van der Waals surface area (Å²) in [5, 5.41) is 139. The van der Waals surface area contributed by atoms with Crippen LogP contribution in [-0.2, 0) is 42.7 Å². The van der Waals surface area contributed by atoms with E-state index in [0.29, 0.717) is 25.7 Å². The highest BCUT2D eigenvalue weighted by molar-refractivity contribution is 5.79. The lowest BCUT2D eigenvalue weighted by molar-refractivity contribution is -0.373. The number of aliphatic hydroxyl groups is 13. The highest BCUT2D eigenvalue weighted by atomic mass is 16.8. The lowest BCUT2D eigenvalue weighted by Gasteiger charge is -2.71. The van der Waals surface area contributed by atoms with Gasteiger partial charge in [0.25, 0.3) is 0 Å². The third-order valence-corrected chi connectivity index (χ3v) is 21.2. The number of rotatable bonds is 11. The van der Waals surface area contributed by atoms with Gasteiger partial charge in [-0.1, -0.05) is 53.2 Å². The SMILES string of the molecule is C[C@@H]1O[C@@H](O[C@@H]2CO[C@@H](O[C@H]3CC[C@@]4(C)C(CC[C@]5(C)[C@@H]4CC=C4[C@H]6CC(C)(C)CC[C@]6(C(=O)O[C@@H]6O[C@H](CO)[C@@H](O)[C@H](O)[C@H]6O)CC[C@]45C)[C@]3(C)CO)[C@H](O)[C@H]2O)[C@H](O)[C@H](O[C@@H]2O[C@H](CO)[C@@H](O)[C@H](O)[C@H]2O)[C@H]1O. The molecule has 4 saturated heterocycles. The molecule has 8 fully saturated rings. The number of esters is 1. The molecule has 4 heterocycles. The highest BCUT2D eigenvalue weighted by Gasteiger charge is 2.71. The Morgan fingerprint density at radius 3 is 1.85 bits per heavy atom. The van der Waals surface area contributed by atoms with E-state index in [4.69, 9.17) is 37.9 Å². The van der Waals surface area contributed by atoms with Crippen LogP contribution in [0.25, 0.3) is 0 Å². The molecule has 13 N–H and O–H groups in total. The molecule has 28 atom stereocenters. The van der Waals surface area contributed by atoms with Crippen molar-refractivity contribution in [3.05, 3.63) is 11.6 Å². The summed E-state index contributed by atoms with van der Waals surface area (Å²) in [4.78, 5) is 14.7. The van der Waals surface area contributed by atoms with Gasteiger partial charge in [0.05, 0.1) is 44.1 Å². The fourth-order valence-corrected chi connectivity index (χ4v) is 16.2. The normalized spacial score (nSPS) is 54.8. The van der Waals surface area contributed by atoms with Crippen LogP contribution >= 0.6 is 0 Å². The molecule has 0 spiro atoms. The van der Waals surface area contributed by atoms with E-state index in [1.807, 2.05) is 6.92 Å². The maximum Gasteiger partial charge on any atom is 0.315 e. The second-order valence-electron chi connectivity index (χ2n) is 25.6. The monoisotopic (exact) mass is 1070 g/mol. The van der Waals surface area contributed by atoms with Crippen LogP contribution in [-0.4, -0.2) is 222 Å². The predicted octanol–water partition coefficient (Wildman–Crippen LogP) is -1.40. The first-order valence-electron chi connectivity index (χ1n) is 27.3. The van der Waals surface area contributed by atoms with Crippen LogP contribution in [0.4, 0.5) is 0 Å². The number of hydrogen-bond donors (Lipinski definition) is 13. The minimum atomic E-state index is -1.82. The smallest absolute Gasteiger partial charge is 0.315 e. The molecule has 22 nitrogen and oxygen atoms in total. The number of hydrogen-bond acceptors (Lipinski definition) is 22. The van der Waals surface area contributed by atoms with Gasteiger partial charge in [-0.25, -0.2) is 0 Å². The summed E-state index contributed by atoms with van der Waals surface area (Å²) in [7, 11) is 0. The van der Waals surface area contributed by atoms with Crippen LogP contribution in [0, 0.1) is 50.2 Å². The van der Waals surface area contributed by atoms with Gasteiger partial charge in [-0.2, -0.15) is 0 Å². The van der Waals surface area contributed by atoms with Gasteiger partial charge in [0.2, 0.25) is 6.29 Å². The second kappa shape index (κ2) is 21.1. The standard InChI is InChI=1S/C53H86O22/c1-23-32(57)42(74-44-39(64)36(61)33(58)26(19-54)70-44)41(66)46(69-23)72-28-21-68-43(38(63)35(28)60)73-31-11-12-49(4)29(50(31,5)22-56)10-13-52(7)30(49)9-8-24-25-18-48(2,3)14-16-53(25,17-15-51(24,52)6)47(67)75-45-40(65)37(62)34(59)27(20-55)71-45/h8,23,25-46,54-66H,9-22H2,1-7H3/t23-,25+,26+,27+,28+,29?,30+,31-,32-,33+,34+,35-,36-,37-,38+,39+,40+,41+,42+,43-,44-,45-,46-,49-,50-,51+,52+,53-/m0/s1. The van der Waals surface area contributed by atoms with Gasteiger partial charge in [0, 0.05) is 5.41 Å². The summed E-state index contributed by atoms with van der Waals surface area (Å²) >= 11 is 0. The lowest BCUT2D eigenvalue weighted by Crippen LogP contribution is -2.67. The van der Waals surface area contributed by atoms with Crippen molar-refractivity contribution < 1.29 is 109 Å². The van der Waals surface area contributed by atoms with Gasteiger partial charge in [-0.15, -0.1) is 0 Å². The number of carbonyl (C=O) groups excluding carboxylic acids is 1. The first-order valence-corrected chi connectivity index (χ1v) is 27.3. The van der Waals surface area contributed by atoms with E-state index in [0.717, 1.165) is 38.5 Å². The van der Waals surface area contributed by atoms with Crippen molar-refractivity contribution in [3.8, 4) is 0 Å². The molecule has 75 heavy (non-hydrogen) atoms. The van der Waals surface area contributed by atoms with Crippen molar-refractivity contribution in [3.63, 3.8) is 0 Å². The zero-order valence-electron chi connectivity index (χ0n) is 44.2. The van der Waals surface area contributed by atoms with Crippen LogP contribution in [0.3, 0.4) is 0 Å². The molecule has 22 heteroatoms. The number of fused-ring (bicyclic) bond motifs is 7.